The maximum absolute atomic E-state index is 13.4. The van der Waals surface area contributed by atoms with Gasteiger partial charge in [-0.2, -0.15) is 0 Å². The van der Waals surface area contributed by atoms with E-state index in [0.29, 0.717) is 31.7 Å². The number of aliphatic hydroxyl groups excluding tert-OH is 1. The lowest BCUT2D eigenvalue weighted by Crippen LogP contribution is -2.62. The molecule has 6 rings (SSSR count). The molecule has 2 heterocycles. The minimum atomic E-state index is -1.57. The van der Waals surface area contributed by atoms with Gasteiger partial charge in [-0.25, -0.2) is 4.21 Å². The summed E-state index contributed by atoms with van der Waals surface area (Å²) in [6.07, 6.45) is 7.07. The summed E-state index contributed by atoms with van der Waals surface area (Å²) in [7, 11) is -1.57. The maximum atomic E-state index is 13.4. The summed E-state index contributed by atoms with van der Waals surface area (Å²) in [5, 5.41) is 14.6. The number of carbonyl (C=O) groups is 2. The van der Waals surface area contributed by atoms with E-state index in [0.717, 1.165) is 61.4 Å². The Morgan fingerprint density at radius 3 is 2.71 bits per heavy atom. The first-order valence-electron chi connectivity index (χ1n) is 16.5. The number of aliphatic hydroxyl groups is 1. The molecule has 4 aliphatic rings. The number of rotatable bonds is 2. The summed E-state index contributed by atoms with van der Waals surface area (Å²) in [6.45, 7) is 7.28. The third kappa shape index (κ3) is 6.24. The smallest absolute Gasteiger partial charge is 0.263 e. The van der Waals surface area contributed by atoms with Crippen LogP contribution in [0.4, 0.5) is 5.69 Å². The van der Waals surface area contributed by atoms with Gasteiger partial charge in [0.05, 0.1) is 29.7 Å². The molecule has 1 saturated carbocycles. The fraction of sp³-hybridized carbons (Fsp3) is 0.600. The third-order valence-electron chi connectivity index (χ3n) is 11.2. The first-order chi connectivity index (χ1) is 21.5. The molecule has 7 atom stereocenters. The Morgan fingerprint density at radius 1 is 1.16 bits per heavy atom. The molecule has 10 heteroatoms. The Hall–Kier alpha value is -2.62. The number of aryl methyl sites for hydroxylation is 1. The predicted octanol–water partition coefficient (Wildman–Crippen LogP) is 5.31. The Labute approximate surface area is 274 Å². The topological polar surface area (TPSA) is 108 Å². The van der Waals surface area contributed by atoms with Gasteiger partial charge in [0, 0.05) is 36.0 Å². The van der Waals surface area contributed by atoms with Crippen molar-refractivity contribution in [3.63, 3.8) is 0 Å². The molecule has 2 aromatic rings. The van der Waals surface area contributed by atoms with Crippen molar-refractivity contribution in [1.82, 2.24) is 10.0 Å². The highest BCUT2D eigenvalue weighted by Gasteiger charge is 2.49. The van der Waals surface area contributed by atoms with E-state index in [2.05, 4.69) is 27.1 Å². The van der Waals surface area contributed by atoms with E-state index in [1.165, 1.54) is 18.1 Å². The van der Waals surface area contributed by atoms with E-state index in [-0.39, 0.29) is 46.8 Å². The molecule has 5 unspecified atom stereocenters. The maximum Gasteiger partial charge on any atom is 0.263 e. The van der Waals surface area contributed by atoms with E-state index in [4.69, 9.17) is 16.3 Å². The summed E-state index contributed by atoms with van der Waals surface area (Å²) >= 11 is 6.43. The number of hydrogen-bond donors (Lipinski definition) is 3. The fourth-order valence-electron chi connectivity index (χ4n) is 8.41. The first kappa shape index (κ1) is 32.3. The highest BCUT2D eigenvalue weighted by molar-refractivity contribution is 7.84. The average molecular weight is 656 g/mol. The Morgan fingerprint density at radius 2 is 1.98 bits per heavy atom. The molecule has 2 aliphatic heterocycles. The second-order valence-corrected chi connectivity index (χ2v) is 16.0. The highest BCUT2D eigenvalue weighted by Crippen LogP contribution is 2.49. The molecule has 0 radical (unpaired) electrons. The monoisotopic (exact) mass is 655 g/mol. The summed E-state index contributed by atoms with van der Waals surface area (Å²) in [4.78, 5) is 28.4. The van der Waals surface area contributed by atoms with Crippen LogP contribution in [0.2, 0.25) is 5.02 Å². The second-order valence-electron chi connectivity index (χ2n) is 14.0. The number of ether oxygens (including phenoxy) is 1. The van der Waals surface area contributed by atoms with Gasteiger partial charge in [-0.1, -0.05) is 31.0 Å². The zero-order valence-corrected chi connectivity index (χ0v) is 28.1. The van der Waals surface area contributed by atoms with Crippen LogP contribution in [0.1, 0.15) is 87.2 Å². The second kappa shape index (κ2) is 12.9. The van der Waals surface area contributed by atoms with Crippen molar-refractivity contribution in [3.8, 4) is 5.75 Å². The molecule has 1 fully saturated rings. The molecule has 45 heavy (non-hydrogen) atoms. The number of halogens is 1. The van der Waals surface area contributed by atoms with Crippen LogP contribution in [0.25, 0.3) is 0 Å². The van der Waals surface area contributed by atoms with Gasteiger partial charge < -0.3 is 20.1 Å². The quantitative estimate of drug-likeness (QED) is 0.405. The van der Waals surface area contributed by atoms with Crippen LogP contribution in [-0.2, 0) is 27.6 Å². The van der Waals surface area contributed by atoms with Crippen LogP contribution < -0.4 is 19.7 Å². The molecular formula is C35H46ClN3O5S. The van der Waals surface area contributed by atoms with Gasteiger partial charge in [-0.05, 0) is 111 Å². The fourth-order valence-corrected chi connectivity index (χ4v) is 9.65. The molecule has 0 saturated heterocycles. The van der Waals surface area contributed by atoms with Crippen molar-refractivity contribution in [3.05, 3.63) is 58.1 Å². The van der Waals surface area contributed by atoms with E-state index >= 15 is 0 Å². The largest absolute Gasteiger partial charge is 0.490 e. The number of nitrogens with zero attached hydrogens (tertiary/aromatic N) is 1. The lowest BCUT2D eigenvalue weighted by atomic mass is 9.61. The molecule has 0 aromatic heterocycles. The van der Waals surface area contributed by atoms with Crippen molar-refractivity contribution >= 4 is 40.1 Å². The van der Waals surface area contributed by atoms with Crippen LogP contribution in [0.15, 0.2) is 36.4 Å². The van der Waals surface area contributed by atoms with Crippen molar-refractivity contribution < 1.29 is 23.6 Å². The average Bonchev–Trinajstić information content (AvgIpc) is 3.14. The van der Waals surface area contributed by atoms with Crippen LogP contribution in [0.5, 0.6) is 5.75 Å². The number of carbonyl (C=O) groups excluding carboxylic acids is 2. The number of amides is 2. The number of anilines is 1. The van der Waals surface area contributed by atoms with E-state index < -0.39 is 16.5 Å². The minimum Gasteiger partial charge on any atom is -0.490 e. The molecule has 2 aromatic carbocycles. The Balaban J connectivity index is 1.43. The Kier molecular flexibility index (Phi) is 9.25. The highest BCUT2D eigenvalue weighted by atomic mass is 35.5. The van der Waals surface area contributed by atoms with Crippen molar-refractivity contribution in [1.29, 1.82) is 0 Å². The van der Waals surface area contributed by atoms with Crippen LogP contribution in [0.3, 0.4) is 0 Å². The third-order valence-corrected chi connectivity index (χ3v) is 13.0. The van der Waals surface area contributed by atoms with Crippen LogP contribution in [-0.4, -0.2) is 58.2 Å². The first-order valence-corrected chi connectivity index (χ1v) is 18.1. The van der Waals surface area contributed by atoms with Gasteiger partial charge in [0.25, 0.3) is 5.91 Å². The molecule has 2 bridgehead atoms. The van der Waals surface area contributed by atoms with Crippen molar-refractivity contribution in [2.45, 2.75) is 88.3 Å². The van der Waals surface area contributed by atoms with Gasteiger partial charge >= 0.3 is 0 Å². The van der Waals surface area contributed by atoms with Gasteiger partial charge in [-0.15, -0.1) is 0 Å². The molecular weight excluding hydrogens is 610 g/mol. The number of benzene rings is 2. The van der Waals surface area contributed by atoms with Crippen LogP contribution in [0, 0.1) is 17.8 Å². The molecule has 8 nitrogen and oxygen atoms in total. The zero-order valence-electron chi connectivity index (χ0n) is 26.6. The van der Waals surface area contributed by atoms with E-state index in [1.54, 1.807) is 6.07 Å². The van der Waals surface area contributed by atoms with Crippen LogP contribution >= 0.6 is 11.6 Å². The predicted molar refractivity (Wildman–Crippen MR) is 178 cm³/mol. The van der Waals surface area contributed by atoms with Crippen molar-refractivity contribution in [2.24, 2.45) is 17.8 Å². The lowest BCUT2D eigenvalue weighted by molar-refractivity contribution is -0.124. The molecule has 3 N–H and O–H groups in total. The summed E-state index contributed by atoms with van der Waals surface area (Å²) in [6, 6.07) is 11.7. The molecule has 2 aliphatic carbocycles. The van der Waals surface area contributed by atoms with Gasteiger partial charge in [-0.3, -0.25) is 14.3 Å². The van der Waals surface area contributed by atoms with Gasteiger partial charge in [0.2, 0.25) is 5.91 Å². The summed E-state index contributed by atoms with van der Waals surface area (Å²) in [5.74, 6) is 0.641. The Bertz CT molecular complexity index is 1490. The lowest BCUT2D eigenvalue weighted by Gasteiger charge is -2.52. The minimum absolute atomic E-state index is 0.0744. The number of fused-ring (bicyclic) bond motifs is 4. The number of hydrogen-bond acceptors (Lipinski definition) is 6. The van der Waals surface area contributed by atoms with E-state index in [1.807, 2.05) is 32.0 Å². The standard InChI is InChI=1S/C35H46ClN3O5S/c1-22-6-4-15-35(20-40,37-24(3)41)30-11-8-27(30)18-39-19-34(14-5-7-25-16-28(36)10-12-29(25)34)21-44-32-13-9-26(17-31(32)39)33(42)38-45(43)23(22)2/h9-10,12-13,16-17,22-23,27,30,40H,4-8,11,14-15,18-21H2,1-3H3,(H,37,41)(H,38,42)/t22?,23?,27?,30?,34-,35-,45?/m0/s1. The molecule has 244 valence electrons. The van der Waals surface area contributed by atoms with Gasteiger partial charge in [0.1, 0.15) is 16.7 Å². The summed E-state index contributed by atoms with van der Waals surface area (Å²) < 4.78 is 22.7. The SMILES string of the molecule is CC(=O)N[C@]1(CO)CCCC(C)C(C)S(=O)NC(=O)c2ccc3c(c2)N(CC2CCC21)C[C@@]1(CCCc2cc(Cl)ccc21)CO3. The molecule has 1 spiro atoms. The normalized spacial score (nSPS) is 33.5. The van der Waals surface area contributed by atoms with Crippen molar-refractivity contribution in [2.75, 3.05) is 31.2 Å². The van der Waals surface area contributed by atoms with Gasteiger partial charge in [0.15, 0.2) is 0 Å². The summed E-state index contributed by atoms with van der Waals surface area (Å²) in [5.41, 5.74) is 2.83. The number of nitrogens with one attached hydrogen (secondary N) is 2. The molecule has 2 amide bonds. The zero-order chi connectivity index (χ0) is 31.9. The van der Waals surface area contributed by atoms with E-state index in [9.17, 15) is 18.9 Å².